The molecule has 1 aliphatic rings. The summed E-state index contributed by atoms with van der Waals surface area (Å²) in [7, 11) is 0. The highest BCUT2D eigenvalue weighted by Crippen LogP contribution is 2.31. The van der Waals surface area contributed by atoms with Crippen LogP contribution in [0, 0.1) is 0 Å². The Bertz CT molecular complexity index is 1030. The molecule has 3 aromatic rings. The van der Waals surface area contributed by atoms with E-state index in [-0.39, 0.29) is 17.7 Å². The SMILES string of the molecule is O=C(CSc1nnnn1C1CCCC1)Nc1cccc(NC(=O)Nc2ccccc2)c1. The van der Waals surface area contributed by atoms with E-state index in [9.17, 15) is 9.59 Å². The van der Waals surface area contributed by atoms with Crippen molar-refractivity contribution >= 4 is 40.8 Å². The van der Waals surface area contributed by atoms with Gasteiger partial charge in [-0.3, -0.25) is 4.79 Å². The van der Waals surface area contributed by atoms with E-state index < -0.39 is 0 Å². The van der Waals surface area contributed by atoms with Gasteiger partial charge in [-0.25, -0.2) is 9.48 Å². The first kappa shape index (κ1) is 20.9. The molecule has 0 unspecified atom stereocenters. The van der Waals surface area contributed by atoms with Crippen molar-refractivity contribution in [3.8, 4) is 0 Å². The Morgan fingerprint density at radius 1 is 0.935 bits per heavy atom. The van der Waals surface area contributed by atoms with E-state index in [2.05, 4.69) is 31.5 Å². The normalized spacial score (nSPS) is 13.7. The van der Waals surface area contributed by atoms with E-state index in [1.165, 1.54) is 24.6 Å². The fourth-order valence-corrected chi connectivity index (χ4v) is 4.22. The highest BCUT2D eigenvalue weighted by Gasteiger charge is 2.22. The number of carbonyl (C=O) groups excluding carboxylic acids is 2. The first-order valence-electron chi connectivity index (χ1n) is 10.1. The maximum absolute atomic E-state index is 12.4. The minimum absolute atomic E-state index is 0.170. The summed E-state index contributed by atoms with van der Waals surface area (Å²) in [4.78, 5) is 24.6. The van der Waals surface area contributed by atoms with Gasteiger partial charge in [0, 0.05) is 17.1 Å². The summed E-state index contributed by atoms with van der Waals surface area (Å²) in [5.41, 5.74) is 1.86. The van der Waals surface area contributed by atoms with Crippen molar-refractivity contribution in [2.45, 2.75) is 36.9 Å². The number of anilines is 3. The summed E-state index contributed by atoms with van der Waals surface area (Å²) in [6.07, 6.45) is 4.51. The fourth-order valence-electron chi connectivity index (χ4n) is 3.48. The van der Waals surface area contributed by atoms with Crippen molar-refractivity contribution in [3.63, 3.8) is 0 Å². The highest BCUT2D eigenvalue weighted by atomic mass is 32.2. The molecule has 10 heteroatoms. The van der Waals surface area contributed by atoms with Crippen molar-refractivity contribution < 1.29 is 9.59 Å². The zero-order chi connectivity index (χ0) is 21.5. The van der Waals surface area contributed by atoms with Crippen LogP contribution in [0.3, 0.4) is 0 Å². The Kier molecular flexibility index (Phi) is 6.78. The molecule has 1 aromatic heterocycles. The van der Waals surface area contributed by atoms with Gasteiger partial charge in [0.1, 0.15) is 0 Å². The molecule has 1 fully saturated rings. The maximum Gasteiger partial charge on any atom is 0.323 e. The van der Waals surface area contributed by atoms with E-state index in [0.29, 0.717) is 28.3 Å². The number of hydrogen-bond donors (Lipinski definition) is 3. The Labute approximate surface area is 184 Å². The number of carbonyl (C=O) groups is 2. The third-order valence-electron chi connectivity index (χ3n) is 4.90. The van der Waals surface area contributed by atoms with Gasteiger partial charge in [0.05, 0.1) is 11.8 Å². The highest BCUT2D eigenvalue weighted by molar-refractivity contribution is 7.99. The molecular weight excluding hydrogens is 414 g/mol. The number of hydrogen-bond acceptors (Lipinski definition) is 6. The molecule has 0 spiro atoms. The van der Waals surface area contributed by atoms with Gasteiger partial charge in [0.2, 0.25) is 11.1 Å². The lowest BCUT2D eigenvalue weighted by atomic mass is 10.2. The smallest absolute Gasteiger partial charge is 0.323 e. The molecule has 0 bridgehead atoms. The molecule has 0 aliphatic heterocycles. The van der Waals surface area contributed by atoms with E-state index in [4.69, 9.17) is 0 Å². The minimum atomic E-state index is -0.357. The van der Waals surface area contributed by atoms with Gasteiger partial charge in [0.15, 0.2) is 0 Å². The van der Waals surface area contributed by atoms with Gasteiger partial charge < -0.3 is 16.0 Å². The molecule has 9 nitrogen and oxygen atoms in total. The van der Waals surface area contributed by atoms with Crippen molar-refractivity contribution in [1.29, 1.82) is 0 Å². The average Bonchev–Trinajstić information content (AvgIpc) is 3.45. The van der Waals surface area contributed by atoms with Gasteiger partial charge in [-0.05, 0) is 53.6 Å². The van der Waals surface area contributed by atoms with Gasteiger partial charge in [-0.1, -0.05) is 48.9 Å². The number of thioether (sulfide) groups is 1. The minimum Gasteiger partial charge on any atom is -0.325 e. The summed E-state index contributed by atoms with van der Waals surface area (Å²) >= 11 is 1.32. The van der Waals surface area contributed by atoms with Crippen LogP contribution < -0.4 is 16.0 Å². The van der Waals surface area contributed by atoms with Crippen LogP contribution >= 0.6 is 11.8 Å². The van der Waals surface area contributed by atoms with Crippen molar-refractivity contribution in [3.05, 3.63) is 54.6 Å². The largest absolute Gasteiger partial charge is 0.325 e. The first-order chi connectivity index (χ1) is 15.2. The third kappa shape index (κ3) is 5.82. The predicted octanol–water partition coefficient (Wildman–Crippen LogP) is 4.16. The number of tetrazole rings is 1. The summed E-state index contributed by atoms with van der Waals surface area (Å²) in [6.45, 7) is 0. The van der Waals surface area contributed by atoms with E-state index in [0.717, 1.165) is 12.8 Å². The zero-order valence-corrected chi connectivity index (χ0v) is 17.6. The maximum atomic E-state index is 12.4. The van der Waals surface area contributed by atoms with Crippen LogP contribution in [-0.4, -0.2) is 37.9 Å². The van der Waals surface area contributed by atoms with Crippen molar-refractivity contribution in [1.82, 2.24) is 20.2 Å². The van der Waals surface area contributed by atoms with Gasteiger partial charge in [0.25, 0.3) is 0 Å². The quantitative estimate of drug-likeness (QED) is 0.478. The van der Waals surface area contributed by atoms with Crippen molar-refractivity contribution in [2.75, 3.05) is 21.7 Å². The number of amides is 3. The molecule has 1 aliphatic carbocycles. The summed E-state index contributed by atoms with van der Waals surface area (Å²) in [6, 6.07) is 16.1. The fraction of sp³-hybridized carbons (Fsp3) is 0.286. The average molecular weight is 438 g/mol. The Morgan fingerprint density at radius 2 is 1.61 bits per heavy atom. The molecule has 2 aromatic carbocycles. The van der Waals surface area contributed by atoms with Crippen LogP contribution in [0.25, 0.3) is 0 Å². The Balaban J connectivity index is 1.29. The second-order valence-electron chi connectivity index (χ2n) is 7.21. The molecular formula is C21H23N7O2S. The van der Waals surface area contributed by atoms with Gasteiger partial charge in [-0.2, -0.15) is 0 Å². The molecule has 0 radical (unpaired) electrons. The monoisotopic (exact) mass is 437 g/mol. The molecule has 4 rings (SSSR count). The van der Waals surface area contributed by atoms with E-state index >= 15 is 0 Å². The van der Waals surface area contributed by atoms with E-state index in [1.807, 2.05) is 22.9 Å². The number of nitrogens with one attached hydrogen (secondary N) is 3. The Hall–Kier alpha value is -3.40. The van der Waals surface area contributed by atoms with Crippen LogP contribution in [0.2, 0.25) is 0 Å². The summed E-state index contributed by atoms with van der Waals surface area (Å²) in [5.74, 6) is 0.0241. The number of aromatic nitrogens is 4. The summed E-state index contributed by atoms with van der Waals surface area (Å²) in [5, 5.41) is 20.9. The lowest BCUT2D eigenvalue weighted by Crippen LogP contribution is -2.19. The van der Waals surface area contributed by atoms with Gasteiger partial charge >= 0.3 is 6.03 Å². The Morgan fingerprint density at radius 3 is 2.39 bits per heavy atom. The molecule has 0 saturated heterocycles. The molecule has 3 amide bonds. The topological polar surface area (TPSA) is 114 Å². The molecule has 0 atom stereocenters. The molecule has 1 saturated carbocycles. The predicted molar refractivity (Wildman–Crippen MR) is 120 cm³/mol. The lowest BCUT2D eigenvalue weighted by Gasteiger charge is -2.11. The van der Waals surface area contributed by atoms with Crippen LogP contribution in [0.4, 0.5) is 21.9 Å². The zero-order valence-electron chi connectivity index (χ0n) is 16.8. The number of urea groups is 1. The van der Waals surface area contributed by atoms with Crippen LogP contribution in [0.5, 0.6) is 0 Å². The second kappa shape index (κ2) is 10.1. The van der Waals surface area contributed by atoms with Gasteiger partial charge in [-0.15, -0.1) is 5.10 Å². The van der Waals surface area contributed by atoms with E-state index in [1.54, 1.807) is 36.4 Å². The van der Waals surface area contributed by atoms with Crippen LogP contribution in [0.1, 0.15) is 31.7 Å². The first-order valence-corrected chi connectivity index (χ1v) is 11.1. The molecule has 31 heavy (non-hydrogen) atoms. The number of rotatable bonds is 7. The van der Waals surface area contributed by atoms with Crippen LogP contribution in [-0.2, 0) is 4.79 Å². The number of nitrogens with zero attached hydrogens (tertiary/aromatic N) is 4. The standard InChI is InChI=1S/C21H23N7O2S/c29-19(14-31-21-25-26-27-28(21)18-11-4-5-12-18)22-16-9-6-10-17(13-16)24-20(30)23-15-7-2-1-3-8-15/h1-3,6-10,13,18H,4-5,11-12,14H2,(H,22,29)(H2,23,24,30). The third-order valence-corrected chi connectivity index (χ3v) is 5.83. The second-order valence-corrected chi connectivity index (χ2v) is 8.15. The number of para-hydroxylation sites is 1. The molecule has 160 valence electrons. The van der Waals surface area contributed by atoms with Crippen LogP contribution in [0.15, 0.2) is 59.8 Å². The number of benzene rings is 2. The molecule has 3 N–H and O–H groups in total. The van der Waals surface area contributed by atoms with Crippen molar-refractivity contribution in [2.24, 2.45) is 0 Å². The summed E-state index contributed by atoms with van der Waals surface area (Å²) < 4.78 is 1.83. The molecule has 1 heterocycles. The lowest BCUT2D eigenvalue weighted by molar-refractivity contribution is -0.113.